The lowest BCUT2D eigenvalue weighted by molar-refractivity contribution is 0.503. The summed E-state index contributed by atoms with van der Waals surface area (Å²) in [7, 11) is 0. The quantitative estimate of drug-likeness (QED) is 0.709. The predicted molar refractivity (Wildman–Crippen MR) is 52.9 cm³/mol. The van der Waals surface area contributed by atoms with Crippen molar-refractivity contribution in [3.63, 3.8) is 0 Å². The van der Waals surface area contributed by atoms with E-state index in [1.54, 1.807) is 0 Å². The Hall–Kier alpha value is -1.45. The van der Waals surface area contributed by atoms with E-state index in [1.165, 1.54) is 6.33 Å². The number of aromatic amines is 1. The van der Waals surface area contributed by atoms with Crippen molar-refractivity contribution in [3.8, 4) is 0 Å². The fourth-order valence-electron chi connectivity index (χ4n) is 2.75. The van der Waals surface area contributed by atoms with Gasteiger partial charge < -0.3 is 4.98 Å². The van der Waals surface area contributed by atoms with Gasteiger partial charge in [-0.1, -0.05) is 12.2 Å². The van der Waals surface area contributed by atoms with Gasteiger partial charge in [-0.3, -0.25) is 4.79 Å². The Balaban J connectivity index is 2.04. The van der Waals surface area contributed by atoms with Crippen molar-refractivity contribution in [1.82, 2.24) is 9.97 Å². The van der Waals surface area contributed by atoms with Crippen LogP contribution in [0.5, 0.6) is 0 Å². The molecule has 3 rings (SSSR count). The second-order valence-electron chi connectivity index (χ2n) is 4.32. The van der Waals surface area contributed by atoms with E-state index in [9.17, 15) is 9.18 Å². The summed E-state index contributed by atoms with van der Waals surface area (Å²) in [6.07, 6.45) is 7.61. The number of rotatable bonds is 1. The molecule has 1 aromatic heterocycles. The van der Waals surface area contributed by atoms with Gasteiger partial charge in [-0.2, -0.15) is 4.39 Å². The number of halogens is 1. The highest BCUT2D eigenvalue weighted by molar-refractivity contribution is 5.22. The summed E-state index contributed by atoms with van der Waals surface area (Å²) in [5.41, 5.74) is -0.317. The third-order valence-corrected chi connectivity index (χ3v) is 3.45. The van der Waals surface area contributed by atoms with Crippen molar-refractivity contribution in [1.29, 1.82) is 0 Å². The molecule has 1 aromatic rings. The van der Waals surface area contributed by atoms with Crippen molar-refractivity contribution in [2.75, 3.05) is 0 Å². The SMILES string of the molecule is O=c1[nH]cnc(C2CC3C=CC2C3)c1F. The fourth-order valence-corrected chi connectivity index (χ4v) is 2.75. The Morgan fingerprint density at radius 2 is 2.27 bits per heavy atom. The minimum absolute atomic E-state index is 0.0994. The van der Waals surface area contributed by atoms with Crippen LogP contribution >= 0.6 is 0 Å². The summed E-state index contributed by atoms with van der Waals surface area (Å²) in [5.74, 6) is 0.324. The number of hydrogen-bond acceptors (Lipinski definition) is 2. The van der Waals surface area contributed by atoms with E-state index in [2.05, 4.69) is 22.1 Å². The first-order valence-corrected chi connectivity index (χ1v) is 5.17. The summed E-state index contributed by atoms with van der Waals surface area (Å²) in [6, 6.07) is 0. The number of allylic oxidation sites excluding steroid dienone is 2. The molecule has 3 atom stereocenters. The molecule has 78 valence electrons. The molecular weight excluding hydrogens is 195 g/mol. The summed E-state index contributed by atoms with van der Waals surface area (Å²) < 4.78 is 13.5. The molecule has 1 saturated carbocycles. The zero-order valence-corrected chi connectivity index (χ0v) is 8.11. The zero-order chi connectivity index (χ0) is 10.4. The first-order chi connectivity index (χ1) is 7.25. The molecule has 2 bridgehead atoms. The Kier molecular flexibility index (Phi) is 1.78. The van der Waals surface area contributed by atoms with Crippen LogP contribution in [0.15, 0.2) is 23.3 Å². The highest BCUT2D eigenvalue weighted by Crippen LogP contribution is 2.48. The van der Waals surface area contributed by atoms with Crippen molar-refractivity contribution >= 4 is 0 Å². The lowest BCUT2D eigenvalue weighted by Crippen LogP contribution is -2.19. The molecule has 0 amide bonds. The van der Waals surface area contributed by atoms with E-state index < -0.39 is 11.4 Å². The van der Waals surface area contributed by atoms with Crippen molar-refractivity contribution in [2.45, 2.75) is 18.8 Å². The number of fused-ring (bicyclic) bond motifs is 2. The topological polar surface area (TPSA) is 45.8 Å². The fraction of sp³-hybridized carbons (Fsp3) is 0.455. The molecule has 0 spiro atoms. The molecule has 3 nitrogen and oxygen atoms in total. The van der Waals surface area contributed by atoms with Gasteiger partial charge in [-0.15, -0.1) is 0 Å². The van der Waals surface area contributed by atoms with Gasteiger partial charge in [0, 0.05) is 5.92 Å². The Bertz CT molecular complexity index is 480. The van der Waals surface area contributed by atoms with Crippen LogP contribution in [-0.4, -0.2) is 9.97 Å². The molecule has 1 heterocycles. The van der Waals surface area contributed by atoms with Gasteiger partial charge in [0.25, 0.3) is 5.56 Å². The van der Waals surface area contributed by atoms with Gasteiger partial charge in [0.15, 0.2) is 0 Å². The van der Waals surface area contributed by atoms with Crippen LogP contribution in [0.1, 0.15) is 24.5 Å². The molecule has 1 N–H and O–H groups in total. The van der Waals surface area contributed by atoms with Gasteiger partial charge in [0.1, 0.15) is 0 Å². The summed E-state index contributed by atoms with van der Waals surface area (Å²) >= 11 is 0. The largest absolute Gasteiger partial charge is 0.311 e. The maximum absolute atomic E-state index is 13.5. The third kappa shape index (κ3) is 1.24. The van der Waals surface area contributed by atoms with E-state index in [0.29, 0.717) is 17.5 Å². The van der Waals surface area contributed by atoms with Gasteiger partial charge >= 0.3 is 0 Å². The Morgan fingerprint density at radius 3 is 2.93 bits per heavy atom. The highest BCUT2D eigenvalue weighted by atomic mass is 19.1. The van der Waals surface area contributed by atoms with Crippen LogP contribution < -0.4 is 5.56 Å². The second kappa shape index (κ2) is 3.02. The minimum Gasteiger partial charge on any atom is -0.311 e. The molecule has 0 aromatic carbocycles. The molecule has 0 radical (unpaired) electrons. The van der Waals surface area contributed by atoms with Gasteiger partial charge in [-0.05, 0) is 24.7 Å². The van der Waals surface area contributed by atoms with Crippen LogP contribution in [0.3, 0.4) is 0 Å². The Labute approximate surface area is 86.1 Å². The molecule has 0 aliphatic heterocycles. The van der Waals surface area contributed by atoms with Gasteiger partial charge in [-0.25, -0.2) is 4.98 Å². The third-order valence-electron chi connectivity index (χ3n) is 3.45. The number of aromatic nitrogens is 2. The normalized spacial score (nSPS) is 32.5. The summed E-state index contributed by atoms with van der Waals surface area (Å²) in [5, 5.41) is 0. The molecule has 15 heavy (non-hydrogen) atoms. The molecule has 2 aliphatic rings. The smallest absolute Gasteiger partial charge is 0.287 e. The molecule has 4 heteroatoms. The van der Waals surface area contributed by atoms with Crippen LogP contribution in [-0.2, 0) is 0 Å². The van der Waals surface area contributed by atoms with Crippen molar-refractivity contribution in [3.05, 3.63) is 40.3 Å². The standard InChI is InChI=1S/C11H11FN2O/c12-9-10(13-5-14-11(9)15)8-4-6-1-2-7(8)3-6/h1-2,5-8H,3-4H2,(H,13,14,15). The summed E-state index contributed by atoms with van der Waals surface area (Å²) in [4.78, 5) is 17.3. The second-order valence-corrected chi connectivity index (χ2v) is 4.32. The van der Waals surface area contributed by atoms with Crippen LogP contribution in [0.25, 0.3) is 0 Å². The van der Waals surface area contributed by atoms with Crippen LogP contribution in [0.4, 0.5) is 4.39 Å². The Morgan fingerprint density at radius 1 is 1.40 bits per heavy atom. The predicted octanol–water partition coefficient (Wildman–Crippen LogP) is 1.59. The maximum atomic E-state index is 13.5. The first kappa shape index (κ1) is 8.83. The van der Waals surface area contributed by atoms with E-state index >= 15 is 0 Å². The van der Waals surface area contributed by atoms with E-state index in [-0.39, 0.29) is 5.92 Å². The van der Waals surface area contributed by atoms with E-state index in [4.69, 9.17) is 0 Å². The number of H-pyrrole nitrogens is 1. The summed E-state index contributed by atoms with van der Waals surface area (Å²) in [6.45, 7) is 0. The minimum atomic E-state index is -0.705. The number of nitrogens with zero attached hydrogens (tertiary/aromatic N) is 1. The number of hydrogen-bond donors (Lipinski definition) is 1. The van der Waals surface area contributed by atoms with Gasteiger partial charge in [0.2, 0.25) is 5.82 Å². The highest BCUT2D eigenvalue weighted by Gasteiger charge is 2.38. The van der Waals surface area contributed by atoms with Crippen molar-refractivity contribution in [2.24, 2.45) is 11.8 Å². The molecule has 3 unspecified atom stereocenters. The van der Waals surface area contributed by atoms with Crippen LogP contribution in [0, 0.1) is 17.7 Å². The van der Waals surface area contributed by atoms with E-state index in [0.717, 1.165) is 12.8 Å². The lowest BCUT2D eigenvalue weighted by Gasteiger charge is -2.17. The first-order valence-electron chi connectivity index (χ1n) is 5.17. The maximum Gasteiger partial charge on any atom is 0.287 e. The van der Waals surface area contributed by atoms with Gasteiger partial charge in [0.05, 0.1) is 12.0 Å². The average Bonchev–Trinajstić information content (AvgIpc) is 2.83. The van der Waals surface area contributed by atoms with Crippen LogP contribution in [0.2, 0.25) is 0 Å². The average molecular weight is 206 g/mol. The lowest BCUT2D eigenvalue weighted by atomic mass is 9.90. The zero-order valence-electron chi connectivity index (χ0n) is 8.11. The number of nitrogens with one attached hydrogen (secondary N) is 1. The molecule has 1 fully saturated rings. The molecule has 0 saturated heterocycles. The molecular formula is C11H11FN2O. The molecule has 2 aliphatic carbocycles. The van der Waals surface area contributed by atoms with Crippen molar-refractivity contribution < 1.29 is 4.39 Å². The monoisotopic (exact) mass is 206 g/mol. The van der Waals surface area contributed by atoms with E-state index in [1.807, 2.05) is 0 Å².